The number of hydrogen-bond acceptors (Lipinski definition) is 2. The Hall–Kier alpha value is -0.960. The molecule has 1 saturated heterocycles. The summed E-state index contributed by atoms with van der Waals surface area (Å²) >= 11 is 6.00. The zero-order chi connectivity index (χ0) is 13.4. The van der Waals surface area contributed by atoms with Crippen molar-refractivity contribution >= 4 is 17.5 Å². The van der Waals surface area contributed by atoms with Crippen LogP contribution in [-0.2, 0) is 0 Å². The van der Waals surface area contributed by atoms with Gasteiger partial charge in [0.15, 0.2) is 0 Å². The van der Waals surface area contributed by atoms with Crippen LogP contribution >= 0.6 is 11.6 Å². The number of halogens is 1. The van der Waals surface area contributed by atoms with Gasteiger partial charge in [-0.05, 0) is 33.1 Å². The standard InChI is InChI=1S/C14H20ClNO2/c1-8-5-6-16(12(8)7-15)14(17)13-9(2)10(3)18-11(13)4/h8,12H,5-7H2,1-4H3. The molecular weight excluding hydrogens is 250 g/mol. The number of amides is 1. The van der Waals surface area contributed by atoms with Gasteiger partial charge in [0.05, 0.1) is 5.56 Å². The van der Waals surface area contributed by atoms with Gasteiger partial charge in [0, 0.05) is 24.0 Å². The predicted molar refractivity (Wildman–Crippen MR) is 72.2 cm³/mol. The van der Waals surface area contributed by atoms with E-state index in [1.807, 2.05) is 25.7 Å². The molecule has 1 aromatic rings. The van der Waals surface area contributed by atoms with Crippen molar-refractivity contribution in [3.63, 3.8) is 0 Å². The largest absolute Gasteiger partial charge is 0.466 e. The molecule has 0 bridgehead atoms. The predicted octanol–water partition coefficient (Wildman–Crippen LogP) is 3.29. The molecule has 1 aliphatic heterocycles. The van der Waals surface area contributed by atoms with Crippen LogP contribution in [0, 0.1) is 26.7 Å². The highest BCUT2D eigenvalue weighted by Gasteiger charge is 2.36. The van der Waals surface area contributed by atoms with Gasteiger partial charge >= 0.3 is 0 Å². The van der Waals surface area contributed by atoms with Crippen LogP contribution in [0.15, 0.2) is 4.42 Å². The van der Waals surface area contributed by atoms with Crippen molar-refractivity contribution in [1.29, 1.82) is 0 Å². The van der Waals surface area contributed by atoms with Gasteiger partial charge in [-0.3, -0.25) is 4.79 Å². The van der Waals surface area contributed by atoms with Gasteiger partial charge in [-0.25, -0.2) is 0 Å². The van der Waals surface area contributed by atoms with E-state index in [9.17, 15) is 4.79 Å². The molecule has 0 saturated carbocycles. The number of aryl methyl sites for hydroxylation is 2. The van der Waals surface area contributed by atoms with E-state index in [-0.39, 0.29) is 11.9 Å². The molecule has 2 rings (SSSR count). The number of carbonyl (C=O) groups is 1. The minimum atomic E-state index is 0.0665. The zero-order valence-electron chi connectivity index (χ0n) is 11.4. The fourth-order valence-electron chi connectivity index (χ4n) is 2.75. The quantitative estimate of drug-likeness (QED) is 0.772. The van der Waals surface area contributed by atoms with Gasteiger partial charge in [-0.1, -0.05) is 6.92 Å². The molecule has 1 amide bonds. The molecule has 2 unspecified atom stereocenters. The normalized spacial score (nSPS) is 23.7. The van der Waals surface area contributed by atoms with Gasteiger partial charge in [-0.15, -0.1) is 11.6 Å². The second-order valence-corrected chi connectivity index (χ2v) is 5.51. The number of likely N-dealkylation sites (tertiary alicyclic amines) is 1. The van der Waals surface area contributed by atoms with Crippen molar-refractivity contribution in [1.82, 2.24) is 4.90 Å². The number of hydrogen-bond donors (Lipinski definition) is 0. The highest BCUT2D eigenvalue weighted by molar-refractivity contribution is 6.18. The summed E-state index contributed by atoms with van der Waals surface area (Å²) in [6, 6.07) is 0.146. The minimum absolute atomic E-state index is 0.0665. The topological polar surface area (TPSA) is 33.5 Å². The molecule has 100 valence electrons. The third kappa shape index (κ3) is 2.05. The molecule has 1 aliphatic rings. The van der Waals surface area contributed by atoms with Crippen LogP contribution in [0.4, 0.5) is 0 Å². The molecule has 1 fully saturated rings. The molecule has 3 nitrogen and oxygen atoms in total. The van der Waals surface area contributed by atoms with E-state index in [1.165, 1.54) is 0 Å². The summed E-state index contributed by atoms with van der Waals surface area (Å²) in [7, 11) is 0. The summed E-state index contributed by atoms with van der Waals surface area (Å²) in [6.07, 6.45) is 1.03. The Morgan fingerprint density at radius 3 is 2.56 bits per heavy atom. The minimum Gasteiger partial charge on any atom is -0.466 e. The summed E-state index contributed by atoms with van der Waals surface area (Å²) in [4.78, 5) is 14.5. The summed E-state index contributed by atoms with van der Waals surface area (Å²) in [6.45, 7) is 8.63. The molecule has 0 N–H and O–H groups in total. The maximum Gasteiger partial charge on any atom is 0.257 e. The van der Waals surface area contributed by atoms with Crippen LogP contribution < -0.4 is 0 Å². The maximum atomic E-state index is 12.6. The lowest BCUT2D eigenvalue weighted by molar-refractivity contribution is 0.0734. The van der Waals surface area contributed by atoms with E-state index in [4.69, 9.17) is 16.0 Å². The summed E-state index contributed by atoms with van der Waals surface area (Å²) in [5.41, 5.74) is 1.67. The third-order valence-electron chi connectivity index (χ3n) is 4.08. The Morgan fingerprint density at radius 1 is 1.39 bits per heavy atom. The second-order valence-electron chi connectivity index (χ2n) is 5.20. The fraction of sp³-hybridized carbons (Fsp3) is 0.643. The van der Waals surface area contributed by atoms with E-state index in [0.717, 1.165) is 29.9 Å². The van der Waals surface area contributed by atoms with E-state index in [1.54, 1.807) is 0 Å². The van der Waals surface area contributed by atoms with E-state index >= 15 is 0 Å². The summed E-state index contributed by atoms with van der Waals surface area (Å²) < 4.78 is 5.54. The van der Waals surface area contributed by atoms with Gasteiger partial charge in [0.2, 0.25) is 0 Å². The number of nitrogens with zero attached hydrogens (tertiary/aromatic N) is 1. The van der Waals surface area contributed by atoms with Crippen molar-refractivity contribution in [3.05, 3.63) is 22.6 Å². The van der Waals surface area contributed by atoms with E-state index < -0.39 is 0 Å². The van der Waals surface area contributed by atoms with Crippen molar-refractivity contribution < 1.29 is 9.21 Å². The SMILES string of the molecule is Cc1oc(C)c(C(=O)N2CCC(C)C2CCl)c1C. The number of alkyl halides is 1. The van der Waals surface area contributed by atoms with Crippen LogP contribution in [0.5, 0.6) is 0 Å². The van der Waals surface area contributed by atoms with Crippen molar-refractivity contribution in [2.45, 2.75) is 40.2 Å². The summed E-state index contributed by atoms with van der Waals surface area (Å²) in [5, 5.41) is 0. The Balaban J connectivity index is 2.32. The van der Waals surface area contributed by atoms with Gasteiger partial charge in [0.25, 0.3) is 5.91 Å². The lowest BCUT2D eigenvalue weighted by Crippen LogP contribution is -2.39. The average molecular weight is 270 g/mol. The third-order valence-corrected chi connectivity index (χ3v) is 4.39. The number of carbonyl (C=O) groups excluding carboxylic acids is 1. The van der Waals surface area contributed by atoms with Gasteiger partial charge in [-0.2, -0.15) is 0 Å². The molecule has 4 heteroatoms. The lowest BCUT2D eigenvalue weighted by atomic mass is 10.0. The first-order chi connectivity index (χ1) is 8.47. The molecule has 0 aliphatic carbocycles. The molecule has 0 radical (unpaired) electrons. The average Bonchev–Trinajstić information content (AvgIpc) is 2.80. The first-order valence-electron chi connectivity index (χ1n) is 6.40. The molecular formula is C14H20ClNO2. The highest BCUT2D eigenvalue weighted by Crippen LogP contribution is 2.29. The molecule has 1 aromatic heterocycles. The smallest absolute Gasteiger partial charge is 0.257 e. The highest BCUT2D eigenvalue weighted by atomic mass is 35.5. The Labute approximate surface area is 113 Å². The fourth-order valence-corrected chi connectivity index (χ4v) is 3.22. The molecule has 2 heterocycles. The molecule has 0 spiro atoms. The Morgan fingerprint density at radius 2 is 2.06 bits per heavy atom. The molecule has 2 atom stereocenters. The van der Waals surface area contributed by atoms with Gasteiger partial charge < -0.3 is 9.32 Å². The molecule has 0 aromatic carbocycles. The Bertz CT molecular complexity index is 467. The monoisotopic (exact) mass is 269 g/mol. The second kappa shape index (κ2) is 4.96. The van der Waals surface area contributed by atoms with E-state index in [2.05, 4.69) is 6.92 Å². The number of rotatable bonds is 2. The summed E-state index contributed by atoms with van der Waals surface area (Å²) in [5.74, 6) is 2.58. The van der Waals surface area contributed by atoms with Crippen LogP contribution in [0.3, 0.4) is 0 Å². The van der Waals surface area contributed by atoms with Crippen molar-refractivity contribution in [2.24, 2.45) is 5.92 Å². The van der Waals surface area contributed by atoms with Crippen molar-refractivity contribution in [2.75, 3.05) is 12.4 Å². The maximum absolute atomic E-state index is 12.6. The van der Waals surface area contributed by atoms with Gasteiger partial charge in [0.1, 0.15) is 11.5 Å². The van der Waals surface area contributed by atoms with Crippen LogP contribution in [-0.4, -0.2) is 29.3 Å². The number of furan rings is 1. The Kier molecular flexibility index (Phi) is 3.71. The zero-order valence-corrected chi connectivity index (χ0v) is 12.2. The van der Waals surface area contributed by atoms with Crippen LogP contribution in [0.2, 0.25) is 0 Å². The first kappa shape index (κ1) is 13.5. The molecule has 18 heavy (non-hydrogen) atoms. The van der Waals surface area contributed by atoms with Crippen LogP contribution in [0.1, 0.15) is 40.8 Å². The lowest BCUT2D eigenvalue weighted by Gasteiger charge is -2.25. The van der Waals surface area contributed by atoms with E-state index in [0.29, 0.717) is 17.6 Å². The van der Waals surface area contributed by atoms with Crippen LogP contribution in [0.25, 0.3) is 0 Å². The first-order valence-corrected chi connectivity index (χ1v) is 6.94. The van der Waals surface area contributed by atoms with Crippen molar-refractivity contribution in [3.8, 4) is 0 Å².